The molecule has 1 atom stereocenters. The molecule has 0 aliphatic carbocycles. The van der Waals surface area contributed by atoms with Gasteiger partial charge >= 0.3 is 5.97 Å². The lowest BCUT2D eigenvalue weighted by molar-refractivity contribution is -0.156. The van der Waals surface area contributed by atoms with Crippen LogP contribution in [0.15, 0.2) is 0 Å². The summed E-state index contributed by atoms with van der Waals surface area (Å²) in [4.78, 5) is 11.5. The van der Waals surface area contributed by atoms with Gasteiger partial charge in [0.1, 0.15) is 6.10 Å². The highest BCUT2D eigenvalue weighted by Crippen LogP contribution is 2.49. The van der Waals surface area contributed by atoms with E-state index in [0.29, 0.717) is 5.41 Å². The van der Waals surface area contributed by atoms with Gasteiger partial charge in [0.05, 0.1) is 0 Å². The molecule has 0 aliphatic heterocycles. The summed E-state index contributed by atoms with van der Waals surface area (Å²) in [6.07, 6.45) is 3.24. The normalized spacial score (nSPS) is 15.6. The Hall–Kier alpha value is -0.530. The summed E-state index contributed by atoms with van der Waals surface area (Å²) >= 11 is 0. The topological polar surface area (TPSA) is 26.3 Å². The number of hydrogen-bond acceptors (Lipinski definition) is 2. The van der Waals surface area contributed by atoms with Gasteiger partial charge in [0.2, 0.25) is 0 Å². The largest absolute Gasteiger partial charge is 0.462 e. The van der Waals surface area contributed by atoms with Crippen LogP contribution in [0.5, 0.6) is 0 Å². The molecule has 132 valence electrons. The molecule has 0 fully saturated rings. The van der Waals surface area contributed by atoms with Gasteiger partial charge in [-0.05, 0) is 40.9 Å². The SMILES string of the molecule is CC(=O)OC(CC(C)(C)C(C)(C)CCC(C)(C)C)C(C)(C)C. The fourth-order valence-electron chi connectivity index (χ4n) is 2.49. The van der Waals surface area contributed by atoms with Crippen LogP contribution in [-0.4, -0.2) is 12.1 Å². The van der Waals surface area contributed by atoms with Crippen LogP contribution in [0.3, 0.4) is 0 Å². The Morgan fingerprint density at radius 3 is 1.59 bits per heavy atom. The maximum Gasteiger partial charge on any atom is 0.302 e. The van der Waals surface area contributed by atoms with Crippen LogP contribution in [0.1, 0.15) is 95.4 Å². The molecule has 0 aromatic carbocycles. The fourth-order valence-corrected chi connectivity index (χ4v) is 2.49. The molecule has 2 heteroatoms. The summed E-state index contributed by atoms with van der Waals surface area (Å²) in [5.41, 5.74) is 0.616. The highest BCUT2D eigenvalue weighted by Gasteiger charge is 2.42. The summed E-state index contributed by atoms with van der Waals surface area (Å²) in [5.74, 6) is -0.178. The fraction of sp³-hybridized carbons (Fsp3) is 0.950. The van der Waals surface area contributed by atoms with Crippen LogP contribution in [0.4, 0.5) is 0 Å². The summed E-state index contributed by atoms with van der Waals surface area (Å²) < 4.78 is 5.65. The van der Waals surface area contributed by atoms with Gasteiger partial charge < -0.3 is 4.74 Å². The van der Waals surface area contributed by atoms with Crippen molar-refractivity contribution in [2.24, 2.45) is 21.7 Å². The van der Waals surface area contributed by atoms with Crippen molar-refractivity contribution in [3.8, 4) is 0 Å². The van der Waals surface area contributed by atoms with Crippen LogP contribution < -0.4 is 0 Å². The van der Waals surface area contributed by atoms with Crippen molar-refractivity contribution in [1.82, 2.24) is 0 Å². The van der Waals surface area contributed by atoms with Gasteiger partial charge in [-0.3, -0.25) is 4.79 Å². The van der Waals surface area contributed by atoms with Crippen LogP contribution >= 0.6 is 0 Å². The molecule has 0 heterocycles. The Balaban J connectivity index is 5.13. The summed E-state index contributed by atoms with van der Waals surface area (Å²) in [6.45, 7) is 24.2. The first-order valence-electron chi connectivity index (χ1n) is 8.65. The molecule has 0 aromatic heterocycles. The van der Waals surface area contributed by atoms with Crippen molar-refractivity contribution >= 4 is 5.97 Å². The van der Waals surface area contributed by atoms with Gasteiger partial charge in [0.15, 0.2) is 0 Å². The van der Waals surface area contributed by atoms with E-state index in [2.05, 4.69) is 69.2 Å². The van der Waals surface area contributed by atoms with E-state index in [4.69, 9.17) is 4.74 Å². The molecule has 0 radical (unpaired) electrons. The number of carbonyl (C=O) groups excluding carboxylic acids is 1. The molecule has 0 aromatic rings. The van der Waals surface area contributed by atoms with Gasteiger partial charge in [-0.1, -0.05) is 69.2 Å². The predicted molar refractivity (Wildman–Crippen MR) is 95.9 cm³/mol. The van der Waals surface area contributed by atoms with E-state index in [-0.39, 0.29) is 28.3 Å². The lowest BCUT2D eigenvalue weighted by Crippen LogP contribution is -2.41. The maximum atomic E-state index is 11.5. The van der Waals surface area contributed by atoms with Crippen LogP contribution in [-0.2, 0) is 9.53 Å². The minimum atomic E-state index is -0.178. The maximum absolute atomic E-state index is 11.5. The van der Waals surface area contributed by atoms with Crippen LogP contribution in [0.2, 0.25) is 0 Å². The molecule has 0 aliphatic rings. The lowest BCUT2D eigenvalue weighted by Gasteiger charge is -2.46. The molecule has 0 amide bonds. The number of rotatable bonds is 6. The summed E-state index contributed by atoms with van der Waals surface area (Å²) in [5, 5.41) is 0. The number of ether oxygens (including phenoxy) is 1. The third-order valence-corrected chi connectivity index (χ3v) is 5.30. The predicted octanol–water partition coefficient (Wildman–Crippen LogP) is 6.23. The molecule has 22 heavy (non-hydrogen) atoms. The smallest absolute Gasteiger partial charge is 0.302 e. The van der Waals surface area contributed by atoms with E-state index in [1.165, 1.54) is 19.8 Å². The second-order valence-electron chi connectivity index (χ2n) is 10.5. The van der Waals surface area contributed by atoms with Crippen molar-refractivity contribution < 1.29 is 9.53 Å². The Labute approximate surface area is 139 Å². The standard InChI is InChI=1S/C20H40O2/c1-15(21)22-16(18(5,6)7)14-20(10,11)19(8,9)13-12-17(2,3)4/h16H,12-14H2,1-11H3. The van der Waals surface area contributed by atoms with E-state index >= 15 is 0 Å². The van der Waals surface area contributed by atoms with Crippen LogP contribution in [0, 0.1) is 21.7 Å². The summed E-state index contributed by atoms with van der Waals surface area (Å²) in [6, 6.07) is 0. The minimum absolute atomic E-state index is 0.0386. The zero-order valence-electron chi connectivity index (χ0n) is 17.0. The molecular weight excluding hydrogens is 272 g/mol. The second kappa shape index (κ2) is 6.93. The van der Waals surface area contributed by atoms with Crippen molar-refractivity contribution in [3.63, 3.8) is 0 Å². The Bertz CT molecular complexity index is 364. The van der Waals surface area contributed by atoms with Gasteiger partial charge in [-0.2, -0.15) is 0 Å². The molecule has 0 bridgehead atoms. The Morgan fingerprint density at radius 1 is 0.818 bits per heavy atom. The third-order valence-electron chi connectivity index (χ3n) is 5.30. The van der Waals surface area contributed by atoms with E-state index in [1.807, 2.05) is 0 Å². The van der Waals surface area contributed by atoms with Gasteiger partial charge in [-0.15, -0.1) is 0 Å². The first-order valence-corrected chi connectivity index (χ1v) is 8.65. The first kappa shape index (κ1) is 21.5. The van der Waals surface area contributed by atoms with E-state index < -0.39 is 0 Å². The minimum Gasteiger partial charge on any atom is -0.462 e. The van der Waals surface area contributed by atoms with Crippen molar-refractivity contribution in [2.45, 2.75) is 102 Å². The van der Waals surface area contributed by atoms with Crippen molar-refractivity contribution in [3.05, 3.63) is 0 Å². The second-order valence-corrected chi connectivity index (χ2v) is 10.5. The molecule has 0 saturated heterocycles. The quantitative estimate of drug-likeness (QED) is 0.543. The first-order chi connectivity index (χ1) is 9.48. The number of esters is 1. The lowest BCUT2D eigenvalue weighted by atomic mass is 9.60. The average molecular weight is 313 g/mol. The molecule has 0 spiro atoms. The molecule has 0 N–H and O–H groups in total. The molecule has 0 saturated carbocycles. The highest BCUT2D eigenvalue weighted by molar-refractivity contribution is 5.66. The van der Waals surface area contributed by atoms with Crippen LogP contribution in [0.25, 0.3) is 0 Å². The van der Waals surface area contributed by atoms with Crippen molar-refractivity contribution in [1.29, 1.82) is 0 Å². The van der Waals surface area contributed by atoms with E-state index in [1.54, 1.807) is 0 Å². The Morgan fingerprint density at radius 2 is 1.27 bits per heavy atom. The zero-order valence-corrected chi connectivity index (χ0v) is 17.0. The molecule has 0 rings (SSSR count). The Kier molecular flexibility index (Phi) is 6.76. The van der Waals surface area contributed by atoms with Gasteiger partial charge in [0.25, 0.3) is 0 Å². The highest BCUT2D eigenvalue weighted by atomic mass is 16.5. The van der Waals surface area contributed by atoms with Gasteiger partial charge in [0, 0.05) is 6.92 Å². The van der Waals surface area contributed by atoms with E-state index in [0.717, 1.165) is 6.42 Å². The monoisotopic (exact) mass is 312 g/mol. The zero-order chi connectivity index (χ0) is 18.0. The molecule has 1 unspecified atom stereocenters. The average Bonchev–Trinajstić information content (AvgIpc) is 2.22. The molecule has 2 nitrogen and oxygen atoms in total. The number of carbonyl (C=O) groups is 1. The van der Waals surface area contributed by atoms with E-state index in [9.17, 15) is 4.79 Å². The van der Waals surface area contributed by atoms with Gasteiger partial charge in [-0.25, -0.2) is 0 Å². The number of hydrogen-bond donors (Lipinski definition) is 0. The third kappa shape index (κ3) is 7.15. The summed E-state index contributed by atoms with van der Waals surface area (Å²) in [7, 11) is 0. The van der Waals surface area contributed by atoms with Crippen molar-refractivity contribution in [2.75, 3.05) is 0 Å². The molecular formula is C20H40O2.